The predicted molar refractivity (Wildman–Crippen MR) is 164 cm³/mol. The molecule has 2 aromatic carbocycles. The Morgan fingerprint density at radius 1 is 0.810 bits per heavy atom. The molecule has 4 heterocycles. The summed E-state index contributed by atoms with van der Waals surface area (Å²) < 4.78 is -1.60. The van der Waals surface area contributed by atoms with E-state index in [0.717, 1.165) is 11.1 Å². The molecule has 1 N–H and O–H groups in total. The van der Waals surface area contributed by atoms with Gasteiger partial charge >= 0.3 is 0 Å². The van der Waals surface area contributed by atoms with Gasteiger partial charge in [-0.25, -0.2) is 0 Å². The zero-order valence-electron chi connectivity index (χ0n) is 24.4. The first-order chi connectivity index (χ1) is 20.2. The van der Waals surface area contributed by atoms with Crippen molar-refractivity contribution in [3.63, 3.8) is 0 Å². The van der Waals surface area contributed by atoms with Crippen LogP contribution in [0.25, 0.3) is 0 Å². The van der Waals surface area contributed by atoms with Gasteiger partial charge < -0.3 is 19.8 Å². The van der Waals surface area contributed by atoms with Crippen LogP contribution in [0.5, 0.6) is 0 Å². The van der Waals surface area contributed by atoms with Crippen LogP contribution in [0.1, 0.15) is 31.9 Å². The fraction of sp³-hybridized carbons (Fsp3) is 0.441. The lowest BCUT2D eigenvalue weighted by Gasteiger charge is -2.41. The zero-order valence-corrected chi connectivity index (χ0v) is 25.2. The van der Waals surface area contributed by atoms with E-state index >= 15 is 0 Å². The van der Waals surface area contributed by atoms with Crippen LogP contribution in [0, 0.1) is 17.8 Å². The molecule has 2 saturated heterocycles. The van der Waals surface area contributed by atoms with E-state index in [-0.39, 0.29) is 30.2 Å². The van der Waals surface area contributed by atoms with Crippen LogP contribution in [0.2, 0.25) is 0 Å². The fourth-order valence-corrected chi connectivity index (χ4v) is 9.57. The topological polar surface area (TPSA) is 81.2 Å². The number of fused-ring (bicyclic) bond motifs is 2. The summed E-state index contributed by atoms with van der Waals surface area (Å²) in [7, 11) is 0. The maximum atomic E-state index is 14.7. The number of benzene rings is 2. The van der Waals surface area contributed by atoms with E-state index < -0.39 is 33.4 Å². The largest absolute Gasteiger partial charge is 0.394 e. The smallest absolute Gasteiger partial charge is 0.247 e. The number of aliphatic hydroxyl groups is 1. The molecule has 0 aromatic heterocycles. The first kappa shape index (κ1) is 28.7. The number of carbonyl (C=O) groups excluding carboxylic acids is 3. The summed E-state index contributed by atoms with van der Waals surface area (Å²) in [5.41, 5.74) is 2.04. The van der Waals surface area contributed by atoms with E-state index in [0.29, 0.717) is 26.2 Å². The molecule has 8 heteroatoms. The van der Waals surface area contributed by atoms with Crippen molar-refractivity contribution in [1.82, 2.24) is 14.7 Å². The van der Waals surface area contributed by atoms with Gasteiger partial charge in [0.1, 0.15) is 6.04 Å². The predicted octanol–water partition coefficient (Wildman–Crippen LogP) is 3.89. The monoisotopic (exact) mass is 585 g/mol. The van der Waals surface area contributed by atoms with Crippen molar-refractivity contribution in [2.75, 3.05) is 19.7 Å². The first-order valence-corrected chi connectivity index (χ1v) is 15.7. The van der Waals surface area contributed by atoms with Gasteiger partial charge in [0.25, 0.3) is 0 Å². The molecular weight excluding hydrogens is 546 g/mol. The molecule has 4 aliphatic rings. The number of amides is 3. The Hall–Kier alpha value is -3.36. The third kappa shape index (κ3) is 4.60. The molecule has 6 rings (SSSR count). The van der Waals surface area contributed by atoms with Gasteiger partial charge in [0, 0.05) is 30.9 Å². The highest BCUT2D eigenvalue weighted by molar-refractivity contribution is 8.02. The van der Waals surface area contributed by atoms with Crippen LogP contribution in [0.4, 0.5) is 0 Å². The van der Waals surface area contributed by atoms with Crippen LogP contribution >= 0.6 is 11.8 Å². The molecule has 0 bridgehead atoms. The van der Waals surface area contributed by atoms with Gasteiger partial charge in [-0.05, 0) is 24.0 Å². The summed E-state index contributed by atoms with van der Waals surface area (Å²) in [5.74, 6) is -1.86. The summed E-state index contributed by atoms with van der Waals surface area (Å²) in [6.07, 6.45) is 8.18. The molecule has 0 saturated carbocycles. The van der Waals surface area contributed by atoms with E-state index in [1.807, 2.05) is 105 Å². The van der Waals surface area contributed by atoms with Crippen molar-refractivity contribution in [3.05, 3.63) is 96.1 Å². The van der Waals surface area contributed by atoms with Crippen molar-refractivity contribution in [2.24, 2.45) is 17.8 Å². The van der Waals surface area contributed by atoms with E-state index in [4.69, 9.17) is 0 Å². The van der Waals surface area contributed by atoms with Gasteiger partial charge in [0.05, 0.1) is 29.2 Å². The van der Waals surface area contributed by atoms with Gasteiger partial charge in [-0.3, -0.25) is 14.4 Å². The van der Waals surface area contributed by atoms with Crippen molar-refractivity contribution < 1.29 is 19.5 Å². The van der Waals surface area contributed by atoms with E-state index in [9.17, 15) is 19.5 Å². The molecule has 1 unspecified atom stereocenters. The average Bonchev–Trinajstić information content (AvgIpc) is 3.25. The third-order valence-corrected chi connectivity index (χ3v) is 11.2. The number of carbonyl (C=O) groups is 3. The Kier molecular flexibility index (Phi) is 7.56. The van der Waals surface area contributed by atoms with Crippen LogP contribution < -0.4 is 0 Å². The zero-order chi connectivity index (χ0) is 29.6. The van der Waals surface area contributed by atoms with Crippen LogP contribution in [-0.2, 0) is 27.5 Å². The third-order valence-electron chi connectivity index (χ3n) is 9.41. The van der Waals surface area contributed by atoms with Gasteiger partial charge in [0.15, 0.2) is 0 Å². The second-order valence-corrected chi connectivity index (χ2v) is 14.2. The normalized spacial score (nSPS) is 31.2. The number of likely N-dealkylation sites (tertiary alicyclic amines) is 1. The van der Waals surface area contributed by atoms with Gasteiger partial charge in [0.2, 0.25) is 17.7 Å². The second-order valence-electron chi connectivity index (χ2n) is 12.5. The van der Waals surface area contributed by atoms with Crippen molar-refractivity contribution in [1.29, 1.82) is 0 Å². The number of aliphatic hydroxyl groups excluding tert-OH is 1. The van der Waals surface area contributed by atoms with Gasteiger partial charge in [-0.2, -0.15) is 0 Å². The standard InChI is InChI=1S/C34H39N3O4S/c1-23(2)26(22-38)37-29-32(41)36(21-25-14-8-5-9-15-25)19-11-17-34(29)28(31(37)40)27-30(39)35(18-10-16-33(27,3)42-34)20-24-12-6-4-7-13-24/h4-17,23,26-29,38H,18-22H2,1-3H3/t26-,27+,28-,29?,33-,34-/m0/s1. The van der Waals surface area contributed by atoms with Crippen molar-refractivity contribution in [2.45, 2.75) is 55.4 Å². The molecule has 3 amide bonds. The number of nitrogens with zero attached hydrogens (tertiary/aromatic N) is 3. The Labute approximate surface area is 252 Å². The maximum Gasteiger partial charge on any atom is 0.247 e. The lowest BCUT2D eigenvalue weighted by Crippen LogP contribution is -2.57. The molecule has 6 atom stereocenters. The molecule has 7 nitrogen and oxygen atoms in total. The Morgan fingerprint density at radius 2 is 1.36 bits per heavy atom. The molecular formula is C34H39N3O4S. The summed E-state index contributed by atoms with van der Waals surface area (Å²) in [6, 6.07) is 18.4. The van der Waals surface area contributed by atoms with Crippen molar-refractivity contribution in [3.8, 4) is 0 Å². The molecule has 1 spiro atoms. The van der Waals surface area contributed by atoms with Crippen LogP contribution in [-0.4, -0.2) is 78.8 Å². The van der Waals surface area contributed by atoms with E-state index in [2.05, 4.69) is 6.08 Å². The molecule has 2 aromatic rings. The van der Waals surface area contributed by atoms with Crippen LogP contribution in [0.3, 0.4) is 0 Å². The highest BCUT2D eigenvalue weighted by Gasteiger charge is 2.74. The minimum Gasteiger partial charge on any atom is -0.394 e. The van der Waals surface area contributed by atoms with Crippen molar-refractivity contribution >= 4 is 29.5 Å². The number of hydrogen-bond acceptors (Lipinski definition) is 5. The summed E-state index contributed by atoms with van der Waals surface area (Å²) in [6.45, 7) is 7.47. The summed E-state index contributed by atoms with van der Waals surface area (Å²) in [4.78, 5) is 49.1. The molecule has 220 valence electrons. The quantitative estimate of drug-likeness (QED) is 0.499. The van der Waals surface area contributed by atoms with E-state index in [1.54, 1.807) is 21.6 Å². The number of hydrogen-bond donors (Lipinski definition) is 1. The summed E-state index contributed by atoms with van der Waals surface area (Å²) in [5, 5.41) is 10.5. The SMILES string of the molecule is CC(C)[C@H](CO)N1C(=O)[C@@H]2[C@@H]3C(=O)N(Cc4ccccc4)CC=C[C@]3(C)S[C@@]23C=CCN(Cc2ccccc2)C(=O)C13. The maximum absolute atomic E-state index is 14.7. The minimum absolute atomic E-state index is 0.0639. The highest BCUT2D eigenvalue weighted by Crippen LogP contribution is 2.66. The molecule has 0 aliphatic carbocycles. The molecule has 0 radical (unpaired) electrons. The highest BCUT2D eigenvalue weighted by atomic mass is 32.2. The first-order valence-electron chi connectivity index (χ1n) is 14.8. The lowest BCUT2D eigenvalue weighted by molar-refractivity contribution is -0.148. The summed E-state index contributed by atoms with van der Waals surface area (Å²) >= 11 is 1.58. The van der Waals surface area contributed by atoms with Gasteiger partial charge in [-0.15, -0.1) is 11.8 Å². The molecule has 4 aliphatic heterocycles. The van der Waals surface area contributed by atoms with Crippen LogP contribution in [0.15, 0.2) is 85.0 Å². The minimum atomic E-state index is -0.933. The lowest BCUT2D eigenvalue weighted by atomic mass is 9.74. The molecule has 42 heavy (non-hydrogen) atoms. The number of rotatable bonds is 7. The average molecular weight is 586 g/mol. The molecule has 2 fully saturated rings. The fourth-order valence-electron chi connectivity index (χ4n) is 7.43. The Morgan fingerprint density at radius 3 is 1.90 bits per heavy atom. The van der Waals surface area contributed by atoms with Gasteiger partial charge in [-0.1, -0.05) is 98.8 Å². The number of thioether (sulfide) groups is 1. The Balaban J connectivity index is 1.44. The van der Waals surface area contributed by atoms with E-state index in [1.165, 1.54) is 0 Å². The second kappa shape index (κ2) is 11.0. The Bertz CT molecular complexity index is 1410.